The Kier molecular flexibility index (Phi) is 7.65. The highest BCUT2D eigenvalue weighted by molar-refractivity contribution is 5.87. The lowest BCUT2D eigenvalue weighted by molar-refractivity contribution is -0.148. The second kappa shape index (κ2) is 10.6. The monoisotopic (exact) mass is 444 g/mol. The number of nitrogens with zero attached hydrogens (tertiary/aromatic N) is 3. The zero-order chi connectivity index (χ0) is 22.5. The number of carbonyl (C=O) groups is 1. The molecule has 1 aliphatic carbocycles. The van der Waals surface area contributed by atoms with Crippen LogP contribution in [0.2, 0.25) is 0 Å². The van der Waals surface area contributed by atoms with Crippen molar-refractivity contribution in [3.63, 3.8) is 0 Å². The fraction of sp³-hybridized carbons (Fsp3) is 0.667. The van der Waals surface area contributed by atoms with E-state index in [1.165, 1.54) is 0 Å². The molecule has 2 aromatic rings. The van der Waals surface area contributed by atoms with E-state index in [0.29, 0.717) is 19.8 Å². The Hall–Kier alpha value is -2.16. The van der Waals surface area contributed by atoms with Gasteiger partial charge in [-0.3, -0.25) is 9.78 Å². The van der Waals surface area contributed by atoms with Gasteiger partial charge in [0, 0.05) is 63.4 Å². The van der Waals surface area contributed by atoms with Gasteiger partial charge in [-0.15, -0.1) is 0 Å². The number of rotatable bonds is 11. The van der Waals surface area contributed by atoms with E-state index in [4.69, 9.17) is 19.2 Å². The van der Waals surface area contributed by atoms with Gasteiger partial charge in [0.1, 0.15) is 17.4 Å². The molecular formula is C24H36N4O4. The predicted molar refractivity (Wildman–Crippen MR) is 123 cm³/mol. The van der Waals surface area contributed by atoms with Crippen molar-refractivity contribution in [3.05, 3.63) is 24.0 Å². The molecule has 8 heteroatoms. The highest BCUT2D eigenvalue weighted by atomic mass is 16.5. The fourth-order valence-electron chi connectivity index (χ4n) is 4.58. The molecular weight excluding hydrogens is 408 g/mol. The van der Waals surface area contributed by atoms with Crippen LogP contribution in [0.15, 0.2) is 18.5 Å². The van der Waals surface area contributed by atoms with Gasteiger partial charge >= 0.3 is 0 Å². The van der Waals surface area contributed by atoms with Crippen molar-refractivity contribution < 1.29 is 19.0 Å². The van der Waals surface area contributed by atoms with Gasteiger partial charge in [-0.05, 0) is 39.5 Å². The maximum Gasteiger partial charge on any atom is 0.253 e. The lowest BCUT2D eigenvalue weighted by Gasteiger charge is -2.34. The third kappa shape index (κ3) is 4.92. The average molecular weight is 445 g/mol. The summed E-state index contributed by atoms with van der Waals surface area (Å²) in [6.45, 7) is 8.25. The smallest absolute Gasteiger partial charge is 0.253 e. The number of aryl methyl sites for hydroxylation is 1. The number of morpholine rings is 1. The van der Waals surface area contributed by atoms with Crippen molar-refractivity contribution in [1.29, 1.82) is 0 Å². The molecule has 2 aliphatic rings. The number of hydrogen-bond donors (Lipinski definition) is 1. The lowest BCUT2D eigenvalue weighted by atomic mass is 10.1. The largest absolute Gasteiger partial charge is 0.492 e. The van der Waals surface area contributed by atoms with Crippen molar-refractivity contribution in [2.45, 2.75) is 64.3 Å². The molecule has 2 fully saturated rings. The summed E-state index contributed by atoms with van der Waals surface area (Å²) in [4.78, 5) is 20.2. The summed E-state index contributed by atoms with van der Waals surface area (Å²) in [5.74, 6) is 0.918. The number of aromatic nitrogens is 2. The van der Waals surface area contributed by atoms with Crippen molar-refractivity contribution in [3.8, 4) is 5.75 Å². The van der Waals surface area contributed by atoms with E-state index in [0.717, 1.165) is 67.7 Å². The number of hydrogen-bond acceptors (Lipinski definition) is 6. The van der Waals surface area contributed by atoms with E-state index in [9.17, 15) is 4.79 Å². The molecule has 2 aromatic heterocycles. The van der Waals surface area contributed by atoms with E-state index in [1.54, 1.807) is 13.3 Å². The van der Waals surface area contributed by atoms with Crippen LogP contribution in [-0.4, -0.2) is 72.5 Å². The second-order valence-corrected chi connectivity index (χ2v) is 8.63. The van der Waals surface area contributed by atoms with Crippen LogP contribution in [0.1, 0.15) is 51.1 Å². The van der Waals surface area contributed by atoms with Crippen molar-refractivity contribution >= 4 is 16.9 Å². The third-order valence-electron chi connectivity index (χ3n) is 6.31. The van der Waals surface area contributed by atoms with E-state index in [-0.39, 0.29) is 18.0 Å². The molecule has 0 radical (unpaired) electrons. The summed E-state index contributed by atoms with van der Waals surface area (Å²) < 4.78 is 19.2. The third-order valence-corrected chi connectivity index (χ3v) is 6.31. The first-order valence-electron chi connectivity index (χ1n) is 11.9. The molecule has 8 nitrogen and oxygen atoms in total. The molecule has 0 unspecified atom stereocenters. The Morgan fingerprint density at radius 3 is 2.94 bits per heavy atom. The van der Waals surface area contributed by atoms with Crippen molar-refractivity contribution in [2.24, 2.45) is 0 Å². The lowest BCUT2D eigenvalue weighted by Crippen LogP contribution is -2.50. The number of unbranched alkanes of at least 4 members (excludes halogenated alkanes) is 1. The number of amides is 1. The standard InChI is InChI=1S/C24H36N4O4/c1-4-31-20-9-10-26-22-19(16-27(23(20)22)12-5-6-13-30-3)17(2)28(18-7-8-18)24(29)21-15-25-11-14-32-21/h9-10,16-18,21,25H,4-8,11-15H2,1-3H3/t17-,21-/m1/s1. The molecule has 1 aliphatic heterocycles. The Labute approximate surface area is 190 Å². The Bertz CT molecular complexity index is 905. The van der Waals surface area contributed by atoms with Gasteiger partial charge in [0.05, 0.1) is 24.8 Å². The van der Waals surface area contributed by atoms with Crippen molar-refractivity contribution in [2.75, 3.05) is 40.0 Å². The summed E-state index contributed by atoms with van der Waals surface area (Å²) in [7, 11) is 1.73. The van der Waals surface area contributed by atoms with E-state index in [1.807, 2.05) is 17.9 Å². The van der Waals surface area contributed by atoms with Gasteiger partial charge in [-0.2, -0.15) is 0 Å². The first kappa shape index (κ1) is 23.0. The summed E-state index contributed by atoms with van der Waals surface area (Å²) in [5, 5.41) is 3.28. The van der Waals surface area contributed by atoms with Gasteiger partial charge in [-0.1, -0.05) is 0 Å². The average Bonchev–Trinajstić information content (AvgIpc) is 3.58. The number of fused-ring (bicyclic) bond motifs is 1. The normalized spacial score (nSPS) is 19.8. The van der Waals surface area contributed by atoms with Crippen LogP contribution in [0.5, 0.6) is 5.75 Å². The molecule has 1 saturated heterocycles. The van der Waals surface area contributed by atoms with Gasteiger partial charge < -0.3 is 29.0 Å². The molecule has 1 amide bonds. The highest BCUT2D eigenvalue weighted by Gasteiger charge is 2.40. The Balaban J connectivity index is 1.66. The molecule has 1 N–H and O–H groups in total. The predicted octanol–water partition coefficient (Wildman–Crippen LogP) is 2.90. The summed E-state index contributed by atoms with van der Waals surface area (Å²) >= 11 is 0. The van der Waals surface area contributed by atoms with Crippen LogP contribution >= 0.6 is 0 Å². The number of ether oxygens (including phenoxy) is 3. The van der Waals surface area contributed by atoms with Crippen LogP contribution in [0.3, 0.4) is 0 Å². The zero-order valence-corrected chi connectivity index (χ0v) is 19.5. The number of carbonyl (C=O) groups excluding carboxylic acids is 1. The van der Waals surface area contributed by atoms with Gasteiger partial charge in [0.25, 0.3) is 5.91 Å². The Morgan fingerprint density at radius 2 is 2.25 bits per heavy atom. The molecule has 0 aromatic carbocycles. The maximum atomic E-state index is 13.4. The van der Waals surface area contributed by atoms with Crippen LogP contribution in [0.4, 0.5) is 0 Å². The maximum absolute atomic E-state index is 13.4. The number of methoxy groups -OCH3 is 1. The molecule has 0 bridgehead atoms. The second-order valence-electron chi connectivity index (χ2n) is 8.63. The van der Waals surface area contributed by atoms with Gasteiger partial charge in [0.15, 0.2) is 0 Å². The summed E-state index contributed by atoms with van der Waals surface area (Å²) in [5.41, 5.74) is 2.99. The molecule has 4 rings (SSSR count). The summed E-state index contributed by atoms with van der Waals surface area (Å²) in [6.07, 6.45) is 7.63. The molecule has 0 spiro atoms. The van der Waals surface area contributed by atoms with E-state index >= 15 is 0 Å². The van der Waals surface area contributed by atoms with E-state index < -0.39 is 6.10 Å². The molecule has 3 heterocycles. The summed E-state index contributed by atoms with van der Waals surface area (Å²) in [6, 6.07) is 2.11. The fourth-order valence-corrected chi connectivity index (χ4v) is 4.58. The molecule has 176 valence electrons. The topological polar surface area (TPSA) is 77.9 Å². The van der Waals surface area contributed by atoms with Crippen LogP contribution in [-0.2, 0) is 20.8 Å². The molecule has 1 saturated carbocycles. The van der Waals surface area contributed by atoms with E-state index in [2.05, 4.69) is 23.0 Å². The first-order chi connectivity index (χ1) is 15.7. The molecule has 2 atom stereocenters. The zero-order valence-electron chi connectivity index (χ0n) is 19.5. The van der Waals surface area contributed by atoms with Crippen molar-refractivity contribution in [1.82, 2.24) is 19.8 Å². The quantitative estimate of drug-likeness (QED) is 0.537. The SMILES string of the molecule is CCOc1ccnc2c([C@@H](C)N(C(=O)[C@H]3CNCCO3)C3CC3)cn(CCCCOC)c12. The van der Waals surface area contributed by atoms with Gasteiger partial charge in [0.2, 0.25) is 0 Å². The molecule has 32 heavy (non-hydrogen) atoms. The minimum Gasteiger partial charge on any atom is -0.492 e. The minimum atomic E-state index is -0.416. The minimum absolute atomic E-state index is 0.0779. The highest BCUT2D eigenvalue weighted by Crippen LogP contribution is 2.39. The van der Waals surface area contributed by atoms with Crippen LogP contribution in [0.25, 0.3) is 11.0 Å². The van der Waals surface area contributed by atoms with Gasteiger partial charge in [-0.25, -0.2) is 0 Å². The van der Waals surface area contributed by atoms with Crippen LogP contribution < -0.4 is 10.1 Å². The first-order valence-corrected chi connectivity index (χ1v) is 11.9. The number of nitrogens with one attached hydrogen (secondary N) is 1. The van der Waals surface area contributed by atoms with Crippen LogP contribution in [0, 0.1) is 0 Å². The Morgan fingerprint density at radius 1 is 1.41 bits per heavy atom. The number of pyridine rings is 1.